The monoisotopic (exact) mass is 443 g/mol. The normalized spacial score (nSPS) is 13.6. The Labute approximate surface area is 185 Å². The number of nitrogens with zero attached hydrogens (tertiary/aromatic N) is 2. The van der Waals surface area contributed by atoms with Crippen molar-refractivity contribution in [3.05, 3.63) is 83.9 Å². The zero-order chi connectivity index (χ0) is 22.1. The van der Waals surface area contributed by atoms with Crippen molar-refractivity contribution >= 4 is 23.1 Å². The summed E-state index contributed by atoms with van der Waals surface area (Å²) in [5.41, 5.74) is 2.31. The number of para-hydroxylation sites is 1. The SMILES string of the molecule is C[N+](C)(CCCN1c2ccccc2Sc2ccc(C(F)(F)F)cc21)Cc1ccccc1. The summed E-state index contributed by atoms with van der Waals surface area (Å²) in [6.07, 6.45) is -3.48. The maximum absolute atomic E-state index is 13.4. The molecule has 1 aliphatic rings. The first kappa shape index (κ1) is 21.8. The number of fused-ring (bicyclic) bond motifs is 2. The van der Waals surface area contributed by atoms with E-state index in [-0.39, 0.29) is 0 Å². The van der Waals surface area contributed by atoms with Gasteiger partial charge in [-0.1, -0.05) is 54.2 Å². The topological polar surface area (TPSA) is 3.24 Å². The van der Waals surface area contributed by atoms with Crippen LogP contribution in [-0.2, 0) is 12.7 Å². The number of benzene rings is 3. The van der Waals surface area contributed by atoms with E-state index >= 15 is 0 Å². The maximum atomic E-state index is 13.4. The highest BCUT2D eigenvalue weighted by Gasteiger charge is 2.33. The number of hydrogen-bond donors (Lipinski definition) is 0. The first-order chi connectivity index (χ1) is 14.7. The first-order valence-corrected chi connectivity index (χ1v) is 11.2. The van der Waals surface area contributed by atoms with Gasteiger partial charge in [0.1, 0.15) is 6.54 Å². The third-order valence-corrected chi connectivity index (χ3v) is 6.68. The molecule has 6 heteroatoms. The third kappa shape index (κ3) is 5.08. The Morgan fingerprint density at radius 2 is 1.52 bits per heavy atom. The maximum Gasteiger partial charge on any atom is 0.416 e. The summed E-state index contributed by atoms with van der Waals surface area (Å²) >= 11 is 1.53. The Balaban J connectivity index is 1.55. The fraction of sp³-hybridized carbons (Fsp3) is 0.280. The second-order valence-electron chi connectivity index (χ2n) is 8.56. The highest BCUT2D eigenvalue weighted by molar-refractivity contribution is 7.99. The summed E-state index contributed by atoms with van der Waals surface area (Å²) in [7, 11) is 4.39. The minimum absolute atomic E-state index is 0.601. The van der Waals surface area contributed by atoms with Gasteiger partial charge in [-0.15, -0.1) is 0 Å². The summed E-state index contributed by atoms with van der Waals surface area (Å²) in [4.78, 5) is 4.00. The molecule has 2 nitrogen and oxygen atoms in total. The van der Waals surface area contributed by atoms with Gasteiger partial charge in [0.2, 0.25) is 0 Å². The summed E-state index contributed by atoms with van der Waals surface area (Å²) in [6, 6.07) is 22.4. The lowest BCUT2D eigenvalue weighted by Crippen LogP contribution is -2.40. The molecule has 0 aliphatic carbocycles. The lowest BCUT2D eigenvalue weighted by Gasteiger charge is -2.35. The van der Waals surface area contributed by atoms with Gasteiger partial charge in [0.25, 0.3) is 0 Å². The number of anilines is 2. The molecule has 3 aromatic rings. The van der Waals surface area contributed by atoms with Crippen LogP contribution in [0.15, 0.2) is 82.6 Å². The van der Waals surface area contributed by atoms with Crippen LogP contribution in [-0.4, -0.2) is 31.7 Å². The van der Waals surface area contributed by atoms with E-state index in [1.807, 2.05) is 42.5 Å². The zero-order valence-electron chi connectivity index (χ0n) is 17.7. The Morgan fingerprint density at radius 3 is 2.26 bits per heavy atom. The number of rotatable bonds is 6. The van der Waals surface area contributed by atoms with Gasteiger partial charge in [-0.05, 0) is 30.3 Å². The Kier molecular flexibility index (Phi) is 6.04. The summed E-state index contributed by atoms with van der Waals surface area (Å²) in [5.74, 6) is 0. The van der Waals surface area contributed by atoms with Crippen LogP contribution >= 0.6 is 11.8 Å². The van der Waals surface area contributed by atoms with Gasteiger partial charge >= 0.3 is 6.18 Å². The Hall–Kier alpha value is -2.44. The Bertz CT molecular complexity index is 1050. The molecule has 162 valence electrons. The number of alkyl halides is 3. The molecule has 0 fully saturated rings. The lowest BCUT2D eigenvalue weighted by atomic mass is 10.1. The van der Waals surface area contributed by atoms with Crippen LogP contribution in [0.4, 0.5) is 24.5 Å². The van der Waals surface area contributed by atoms with Crippen molar-refractivity contribution in [3.8, 4) is 0 Å². The second-order valence-corrected chi connectivity index (χ2v) is 9.64. The van der Waals surface area contributed by atoms with Crippen LogP contribution in [0.1, 0.15) is 17.5 Å². The minimum Gasteiger partial charge on any atom is -0.339 e. The number of hydrogen-bond acceptors (Lipinski definition) is 2. The molecule has 0 radical (unpaired) electrons. The van der Waals surface area contributed by atoms with Gasteiger partial charge in [-0.3, -0.25) is 0 Å². The summed E-state index contributed by atoms with van der Waals surface area (Å²) < 4.78 is 40.9. The lowest BCUT2D eigenvalue weighted by molar-refractivity contribution is -0.903. The molecule has 3 aromatic carbocycles. The predicted molar refractivity (Wildman–Crippen MR) is 121 cm³/mol. The van der Waals surface area contributed by atoms with E-state index in [0.717, 1.165) is 39.5 Å². The number of quaternary nitrogens is 1. The van der Waals surface area contributed by atoms with Crippen LogP contribution in [0.5, 0.6) is 0 Å². The highest BCUT2D eigenvalue weighted by atomic mass is 32.2. The molecule has 4 rings (SSSR count). The van der Waals surface area contributed by atoms with E-state index in [1.54, 1.807) is 6.07 Å². The smallest absolute Gasteiger partial charge is 0.339 e. The molecule has 1 aliphatic heterocycles. The molecule has 0 unspecified atom stereocenters. The zero-order valence-corrected chi connectivity index (χ0v) is 18.5. The molecule has 0 N–H and O–H groups in total. The fourth-order valence-corrected chi connectivity index (χ4v) is 5.14. The van der Waals surface area contributed by atoms with Crippen molar-refractivity contribution in [2.45, 2.75) is 28.9 Å². The minimum atomic E-state index is -4.35. The van der Waals surface area contributed by atoms with Crippen molar-refractivity contribution in [3.63, 3.8) is 0 Å². The second kappa shape index (κ2) is 8.60. The van der Waals surface area contributed by atoms with Crippen molar-refractivity contribution in [2.75, 3.05) is 32.1 Å². The molecular weight excluding hydrogens is 417 g/mol. The molecule has 0 saturated carbocycles. The van der Waals surface area contributed by atoms with E-state index in [9.17, 15) is 13.2 Å². The Morgan fingerprint density at radius 1 is 0.839 bits per heavy atom. The van der Waals surface area contributed by atoms with Gasteiger partial charge in [0.15, 0.2) is 0 Å². The molecule has 0 saturated heterocycles. The quantitative estimate of drug-likeness (QED) is 0.378. The van der Waals surface area contributed by atoms with Crippen molar-refractivity contribution < 1.29 is 17.7 Å². The first-order valence-electron chi connectivity index (χ1n) is 10.3. The van der Waals surface area contributed by atoms with Crippen LogP contribution in [0.3, 0.4) is 0 Å². The molecule has 0 amide bonds. The van der Waals surface area contributed by atoms with Gasteiger partial charge < -0.3 is 9.38 Å². The number of halogens is 3. The average molecular weight is 444 g/mol. The molecule has 0 bridgehead atoms. The average Bonchev–Trinajstić information content (AvgIpc) is 2.72. The van der Waals surface area contributed by atoms with Gasteiger partial charge in [0.05, 0.1) is 37.6 Å². The van der Waals surface area contributed by atoms with Gasteiger partial charge in [-0.25, -0.2) is 0 Å². The summed E-state index contributed by atoms with van der Waals surface area (Å²) in [5, 5.41) is 0. The van der Waals surface area contributed by atoms with Crippen LogP contribution in [0.25, 0.3) is 0 Å². The highest BCUT2D eigenvalue weighted by Crippen LogP contribution is 2.49. The molecule has 0 aromatic heterocycles. The van der Waals surface area contributed by atoms with E-state index in [0.29, 0.717) is 12.2 Å². The van der Waals surface area contributed by atoms with Crippen LogP contribution < -0.4 is 4.90 Å². The van der Waals surface area contributed by atoms with E-state index in [4.69, 9.17) is 0 Å². The van der Waals surface area contributed by atoms with Crippen molar-refractivity contribution in [1.82, 2.24) is 0 Å². The van der Waals surface area contributed by atoms with Gasteiger partial charge in [0, 0.05) is 28.3 Å². The molecule has 0 atom stereocenters. The van der Waals surface area contributed by atoms with E-state index in [1.165, 1.54) is 29.5 Å². The largest absolute Gasteiger partial charge is 0.416 e. The standard InChI is InChI=1S/C25H26F3N2S/c1-30(2,18-19-9-4-3-5-10-19)16-8-15-29-21-11-6-7-12-23(21)31-24-14-13-20(17-22(24)29)25(26,27)28/h3-7,9-14,17H,8,15-16,18H2,1-2H3/q+1. The molecule has 1 heterocycles. The van der Waals surface area contributed by atoms with Gasteiger partial charge in [-0.2, -0.15) is 13.2 Å². The van der Waals surface area contributed by atoms with Crippen LogP contribution in [0.2, 0.25) is 0 Å². The predicted octanol–water partition coefficient (Wildman–Crippen LogP) is 6.97. The van der Waals surface area contributed by atoms with E-state index in [2.05, 4.69) is 31.1 Å². The molecule has 0 spiro atoms. The van der Waals surface area contributed by atoms with Crippen LogP contribution in [0, 0.1) is 0 Å². The third-order valence-electron chi connectivity index (χ3n) is 5.55. The fourth-order valence-electron chi connectivity index (χ4n) is 4.06. The van der Waals surface area contributed by atoms with Crippen molar-refractivity contribution in [2.24, 2.45) is 0 Å². The molecular formula is C25H26F3N2S+. The van der Waals surface area contributed by atoms with Crippen molar-refractivity contribution in [1.29, 1.82) is 0 Å². The summed E-state index contributed by atoms with van der Waals surface area (Å²) in [6.45, 7) is 2.51. The van der Waals surface area contributed by atoms with E-state index < -0.39 is 11.7 Å². The molecule has 31 heavy (non-hydrogen) atoms.